The van der Waals surface area contributed by atoms with Crippen molar-refractivity contribution in [2.45, 2.75) is 38.1 Å². The Kier molecular flexibility index (Phi) is 5.50. The van der Waals surface area contributed by atoms with Gasteiger partial charge in [0, 0.05) is 10.9 Å². The minimum absolute atomic E-state index is 0.631. The molecule has 0 bridgehead atoms. The molecule has 1 nitrogen and oxygen atoms in total. The van der Waals surface area contributed by atoms with Crippen molar-refractivity contribution < 1.29 is 0 Å². The number of hydrogen-bond donors (Lipinski definition) is 1. The number of rotatable bonds is 4. The Morgan fingerprint density at radius 3 is 2.33 bits per heavy atom. The highest BCUT2D eigenvalue weighted by molar-refractivity contribution is 9.09. The molecule has 0 aliphatic rings. The number of alkyl halides is 1. The number of halogens is 1. The highest BCUT2D eigenvalue weighted by Crippen LogP contribution is 2.05. The maximum absolute atomic E-state index is 3.50. The first-order valence-corrected chi connectivity index (χ1v) is 4.45. The van der Waals surface area contributed by atoms with Gasteiger partial charge in [-0.1, -0.05) is 29.8 Å². The Hall–Kier alpha value is 0.440. The van der Waals surface area contributed by atoms with Gasteiger partial charge in [0.25, 0.3) is 0 Å². The first-order valence-electron chi connectivity index (χ1n) is 3.54. The SMILES string of the molecule is CCNC(C)CC(C)Br. The molecule has 9 heavy (non-hydrogen) atoms. The van der Waals surface area contributed by atoms with Gasteiger partial charge in [-0.05, 0) is 19.9 Å². The van der Waals surface area contributed by atoms with E-state index in [4.69, 9.17) is 0 Å². The second kappa shape index (κ2) is 5.24. The summed E-state index contributed by atoms with van der Waals surface area (Å²) in [6.45, 7) is 7.59. The van der Waals surface area contributed by atoms with Gasteiger partial charge < -0.3 is 5.32 Å². The molecule has 0 radical (unpaired) electrons. The van der Waals surface area contributed by atoms with Crippen molar-refractivity contribution >= 4 is 15.9 Å². The van der Waals surface area contributed by atoms with Crippen LogP contribution in [0.5, 0.6) is 0 Å². The average molecular weight is 194 g/mol. The zero-order chi connectivity index (χ0) is 7.28. The van der Waals surface area contributed by atoms with Crippen LogP contribution in [0, 0.1) is 0 Å². The molecule has 2 atom stereocenters. The Morgan fingerprint density at radius 1 is 1.44 bits per heavy atom. The molecule has 0 fully saturated rings. The Labute approximate surface area is 66.3 Å². The van der Waals surface area contributed by atoms with Crippen LogP contribution in [0.3, 0.4) is 0 Å². The fourth-order valence-corrected chi connectivity index (χ4v) is 1.48. The van der Waals surface area contributed by atoms with Crippen LogP contribution in [0.15, 0.2) is 0 Å². The lowest BCUT2D eigenvalue weighted by Gasteiger charge is -2.12. The van der Waals surface area contributed by atoms with Crippen molar-refractivity contribution in [3.63, 3.8) is 0 Å². The van der Waals surface area contributed by atoms with E-state index in [2.05, 4.69) is 42.0 Å². The smallest absolute Gasteiger partial charge is 0.0132 e. The maximum atomic E-state index is 3.50. The summed E-state index contributed by atoms with van der Waals surface area (Å²) in [4.78, 5) is 0.631. The second-order valence-electron chi connectivity index (χ2n) is 2.48. The van der Waals surface area contributed by atoms with Crippen LogP contribution in [0.4, 0.5) is 0 Å². The van der Waals surface area contributed by atoms with Crippen molar-refractivity contribution in [3.8, 4) is 0 Å². The summed E-state index contributed by atoms with van der Waals surface area (Å²) in [6.07, 6.45) is 1.20. The summed E-state index contributed by atoms with van der Waals surface area (Å²) >= 11 is 3.50. The fourth-order valence-electron chi connectivity index (χ4n) is 0.919. The van der Waals surface area contributed by atoms with Gasteiger partial charge in [-0.25, -0.2) is 0 Å². The largest absolute Gasteiger partial charge is 0.314 e. The van der Waals surface area contributed by atoms with E-state index >= 15 is 0 Å². The fraction of sp³-hybridized carbons (Fsp3) is 1.00. The van der Waals surface area contributed by atoms with Crippen molar-refractivity contribution in [2.75, 3.05) is 6.54 Å². The third-order valence-corrected chi connectivity index (χ3v) is 1.60. The summed E-state index contributed by atoms with van der Waals surface area (Å²) in [5.74, 6) is 0. The molecule has 0 saturated heterocycles. The number of hydrogen-bond acceptors (Lipinski definition) is 1. The molecule has 0 aliphatic heterocycles. The molecule has 2 unspecified atom stereocenters. The Balaban J connectivity index is 3.15. The zero-order valence-electron chi connectivity index (χ0n) is 6.45. The lowest BCUT2D eigenvalue weighted by Crippen LogP contribution is -2.27. The molecular weight excluding hydrogens is 178 g/mol. The lowest BCUT2D eigenvalue weighted by atomic mass is 10.2. The summed E-state index contributed by atoms with van der Waals surface area (Å²) in [6, 6.07) is 0.643. The zero-order valence-corrected chi connectivity index (χ0v) is 8.03. The van der Waals surface area contributed by atoms with E-state index in [1.54, 1.807) is 0 Å². The van der Waals surface area contributed by atoms with Crippen molar-refractivity contribution in [2.24, 2.45) is 0 Å². The van der Waals surface area contributed by atoms with Gasteiger partial charge in [0.15, 0.2) is 0 Å². The molecule has 0 spiro atoms. The van der Waals surface area contributed by atoms with Gasteiger partial charge in [-0.2, -0.15) is 0 Å². The normalized spacial score (nSPS) is 17.3. The molecule has 56 valence electrons. The van der Waals surface area contributed by atoms with E-state index in [9.17, 15) is 0 Å². The van der Waals surface area contributed by atoms with Gasteiger partial charge in [-0.3, -0.25) is 0 Å². The molecule has 0 rings (SSSR count). The van der Waals surface area contributed by atoms with Crippen LogP contribution in [0.25, 0.3) is 0 Å². The predicted molar refractivity (Wildman–Crippen MR) is 46.1 cm³/mol. The Morgan fingerprint density at radius 2 is 2.00 bits per heavy atom. The van der Waals surface area contributed by atoms with Gasteiger partial charge in [-0.15, -0.1) is 0 Å². The third kappa shape index (κ3) is 6.32. The van der Waals surface area contributed by atoms with Crippen LogP contribution in [-0.4, -0.2) is 17.4 Å². The minimum Gasteiger partial charge on any atom is -0.314 e. The van der Waals surface area contributed by atoms with Crippen molar-refractivity contribution in [1.29, 1.82) is 0 Å². The maximum Gasteiger partial charge on any atom is 0.0132 e. The molecule has 2 heteroatoms. The molecule has 0 amide bonds. The van der Waals surface area contributed by atoms with E-state index in [1.807, 2.05) is 0 Å². The van der Waals surface area contributed by atoms with Gasteiger partial charge >= 0.3 is 0 Å². The predicted octanol–water partition coefficient (Wildman–Crippen LogP) is 2.16. The Bertz CT molecular complexity index is 63.9. The molecule has 0 aliphatic carbocycles. The van der Waals surface area contributed by atoms with Gasteiger partial charge in [0.2, 0.25) is 0 Å². The molecule has 0 aromatic heterocycles. The summed E-state index contributed by atoms with van der Waals surface area (Å²) in [5, 5.41) is 3.35. The quantitative estimate of drug-likeness (QED) is 0.676. The minimum atomic E-state index is 0.631. The molecule has 0 heterocycles. The van der Waals surface area contributed by atoms with E-state index in [1.165, 1.54) is 6.42 Å². The molecule has 1 N–H and O–H groups in total. The van der Waals surface area contributed by atoms with E-state index < -0.39 is 0 Å². The van der Waals surface area contributed by atoms with E-state index in [0.717, 1.165) is 6.54 Å². The molecule has 0 aromatic carbocycles. The summed E-state index contributed by atoms with van der Waals surface area (Å²) < 4.78 is 0. The first kappa shape index (κ1) is 9.44. The lowest BCUT2D eigenvalue weighted by molar-refractivity contribution is 0.532. The van der Waals surface area contributed by atoms with E-state index in [-0.39, 0.29) is 0 Å². The highest BCUT2D eigenvalue weighted by atomic mass is 79.9. The highest BCUT2D eigenvalue weighted by Gasteiger charge is 2.02. The first-order chi connectivity index (χ1) is 4.16. The second-order valence-corrected chi connectivity index (χ2v) is 4.04. The van der Waals surface area contributed by atoms with Gasteiger partial charge in [0.1, 0.15) is 0 Å². The average Bonchev–Trinajstić information content (AvgIpc) is 1.63. The molecular formula is C7H16BrN. The van der Waals surface area contributed by atoms with Gasteiger partial charge in [0.05, 0.1) is 0 Å². The van der Waals surface area contributed by atoms with Crippen LogP contribution in [0.2, 0.25) is 0 Å². The van der Waals surface area contributed by atoms with E-state index in [0.29, 0.717) is 10.9 Å². The van der Waals surface area contributed by atoms with Crippen LogP contribution < -0.4 is 5.32 Å². The molecule has 0 saturated carbocycles. The topological polar surface area (TPSA) is 12.0 Å². The molecule has 0 aromatic rings. The van der Waals surface area contributed by atoms with Crippen molar-refractivity contribution in [1.82, 2.24) is 5.32 Å². The van der Waals surface area contributed by atoms with Crippen LogP contribution in [-0.2, 0) is 0 Å². The van der Waals surface area contributed by atoms with Crippen LogP contribution >= 0.6 is 15.9 Å². The van der Waals surface area contributed by atoms with Crippen LogP contribution in [0.1, 0.15) is 27.2 Å². The summed E-state index contributed by atoms with van der Waals surface area (Å²) in [5.41, 5.74) is 0. The van der Waals surface area contributed by atoms with Crippen molar-refractivity contribution in [3.05, 3.63) is 0 Å². The monoisotopic (exact) mass is 193 g/mol. The third-order valence-electron chi connectivity index (χ3n) is 1.23. The summed E-state index contributed by atoms with van der Waals surface area (Å²) in [7, 11) is 0. The standard InChI is InChI=1S/C7H16BrN/c1-4-9-7(3)5-6(2)8/h6-7,9H,4-5H2,1-3H3. The number of nitrogens with one attached hydrogen (secondary N) is 1.